The van der Waals surface area contributed by atoms with Gasteiger partial charge < -0.3 is 10.6 Å². The number of hydrogen-bond donors (Lipinski definition) is 1. The first kappa shape index (κ1) is 13.2. The lowest BCUT2D eigenvalue weighted by Crippen LogP contribution is -2.49. The van der Waals surface area contributed by atoms with Crippen LogP contribution in [0.2, 0.25) is 0 Å². The average molecular weight is 247 g/mol. The number of nitrogens with zero attached hydrogens (tertiary/aromatic N) is 2. The monoisotopic (exact) mass is 247 g/mol. The summed E-state index contributed by atoms with van der Waals surface area (Å²) in [6, 6.07) is 7.05. The Balaban J connectivity index is 2.01. The highest BCUT2D eigenvalue weighted by Gasteiger charge is 2.20. The van der Waals surface area contributed by atoms with Crippen molar-refractivity contribution in [2.24, 2.45) is 0 Å². The molecule has 3 heteroatoms. The van der Waals surface area contributed by atoms with Crippen molar-refractivity contribution in [3.8, 4) is 0 Å². The SMILES string of the molecule is CCC(C)N1CCN(c2cc(C)cc(N)c2)CC1. The molecule has 18 heavy (non-hydrogen) atoms. The summed E-state index contributed by atoms with van der Waals surface area (Å²) in [6.07, 6.45) is 1.23. The molecule has 2 rings (SSSR count). The van der Waals surface area contributed by atoms with E-state index in [1.54, 1.807) is 0 Å². The van der Waals surface area contributed by atoms with Crippen molar-refractivity contribution in [1.29, 1.82) is 0 Å². The van der Waals surface area contributed by atoms with Crippen LogP contribution in [0.15, 0.2) is 18.2 Å². The highest BCUT2D eigenvalue weighted by molar-refractivity contribution is 5.58. The van der Waals surface area contributed by atoms with Gasteiger partial charge in [0.2, 0.25) is 0 Å². The highest BCUT2D eigenvalue weighted by Crippen LogP contribution is 2.22. The fourth-order valence-corrected chi connectivity index (χ4v) is 2.65. The van der Waals surface area contributed by atoms with Crippen LogP contribution in [-0.2, 0) is 0 Å². The van der Waals surface area contributed by atoms with E-state index in [-0.39, 0.29) is 0 Å². The molecule has 0 amide bonds. The summed E-state index contributed by atoms with van der Waals surface area (Å²) in [6.45, 7) is 11.2. The van der Waals surface area contributed by atoms with E-state index >= 15 is 0 Å². The van der Waals surface area contributed by atoms with Gasteiger partial charge in [0, 0.05) is 43.6 Å². The minimum absolute atomic E-state index is 0.703. The van der Waals surface area contributed by atoms with Crippen molar-refractivity contribution in [2.45, 2.75) is 33.2 Å². The summed E-state index contributed by atoms with van der Waals surface area (Å²) < 4.78 is 0. The number of nitrogens with two attached hydrogens (primary N) is 1. The Morgan fingerprint density at radius 2 is 1.83 bits per heavy atom. The van der Waals surface area contributed by atoms with Crippen LogP contribution in [0.25, 0.3) is 0 Å². The molecule has 1 heterocycles. The van der Waals surface area contributed by atoms with Crippen LogP contribution in [0.5, 0.6) is 0 Å². The zero-order valence-electron chi connectivity index (χ0n) is 11.8. The maximum Gasteiger partial charge on any atom is 0.0390 e. The number of rotatable bonds is 3. The number of hydrogen-bond acceptors (Lipinski definition) is 3. The molecular formula is C15H25N3. The first-order chi connectivity index (χ1) is 8.60. The maximum atomic E-state index is 5.93. The smallest absolute Gasteiger partial charge is 0.0390 e. The first-order valence-electron chi connectivity index (χ1n) is 6.96. The summed E-state index contributed by atoms with van der Waals surface area (Å²) in [4.78, 5) is 5.03. The molecule has 2 N–H and O–H groups in total. The van der Waals surface area contributed by atoms with E-state index in [2.05, 4.69) is 42.7 Å². The summed E-state index contributed by atoms with van der Waals surface area (Å²) in [5.74, 6) is 0. The van der Waals surface area contributed by atoms with Crippen LogP contribution in [0.4, 0.5) is 11.4 Å². The van der Waals surface area contributed by atoms with Crippen molar-refractivity contribution in [1.82, 2.24) is 4.90 Å². The van der Waals surface area contributed by atoms with E-state index in [0.29, 0.717) is 6.04 Å². The summed E-state index contributed by atoms with van der Waals surface area (Å²) in [7, 11) is 0. The van der Waals surface area contributed by atoms with Crippen molar-refractivity contribution >= 4 is 11.4 Å². The molecular weight excluding hydrogens is 222 g/mol. The summed E-state index contributed by atoms with van der Waals surface area (Å²) in [5, 5.41) is 0. The molecule has 1 aromatic rings. The third-order valence-corrected chi connectivity index (χ3v) is 3.98. The van der Waals surface area contributed by atoms with E-state index in [0.717, 1.165) is 31.9 Å². The molecule has 0 aromatic heterocycles. The van der Waals surface area contributed by atoms with E-state index in [9.17, 15) is 0 Å². The number of nitrogen functional groups attached to an aromatic ring is 1. The van der Waals surface area contributed by atoms with Gasteiger partial charge in [-0.15, -0.1) is 0 Å². The van der Waals surface area contributed by atoms with Gasteiger partial charge >= 0.3 is 0 Å². The van der Waals surface area contributed by atoms with Crippen LogP contribution in [0.1, 0.15) is 25.8 Å². The van der Waals surface area contributed by atoms with E-state index in [4.69, 9.17) is 5.73 Å². The second kappa shape index (κ2) is 5.61. The minimum Gasteiger partial charge on any atom is -0.399 e. The number of benzene rings is 1. The lowest BCUT2D eigenvalue weighted by atomic mass is 10.1. The van der Waals surface area contributed by atoms with Gasteiger partial charge in [0.15, 0.2) is 0 Å². The quantitative estimate of drug-likeness (QED) is 0.833. The molecule has 1 aromatic carbocycles. The van der Waals surface area contributed by atoms with Gasteiger partial charge in [0.25, 0.3) is 0 Å². The topological polar surface area (TPSA) is 32.5 Å². The van der Waals surface area contributed by atoms with Crippen molar-refractivity contribution in [3.63, 3.8) is 0 Å². The van der Waals surface area contributed by atoms with Gasteiger partial charge in [-0.1, -0.05) is 6.92 Å². The zero-order chi connectivity index (χ0) is 13.1. The molecule has 0 bridgehead atoms. The molecule has 0 aliphatic carbocycles. The Morgan fingerprint density at radius 3 is 2.39 bits per heavy atom. The highest BCUT2D eigenvalue weighted by atomic mass is 15.3. The van der Waals surface area contributed by atoms with Gasteiger partial charge in [0.05, 0.1) is 0 Å². The predicted molar refractivity (Wildman–Crippen MR) is 79.1 cm³/mol. The Hall–Kier alpha value is -1.22. The molecule has 1 atom stereocenters. The molecule has 1 aliphatic rings. The summed E-state index contributed by atoms with van der Waals surface area (Å²) >= 11 is 0. The van der Waals surface area contributed by atoms with Crippen molar-refractivity contribution < 1.29 is 0 Å². The van der Waals surface area contributed by atoms with Gasteiger partial charge in [0.1, 0.15) is 0 Å². The van der Waals surface area contributed by atoms with Crippen LogP contribution in [0.3, 0.4) is 0 Å². The van der Waals surface area contributed by atoms with Crippen molar-refractivity contribution in [3.05, 3.63) is 23.8 Å². The fourth-order valence-electron chi connectivity index (χ4n) is 2.65. The third kappa shape index (κ3) is 2.96. The molecule has 1 fully saturated rings. The molecule has 1 aliphatic heterocycles. The molecule has 3 nitrogen and oxygen atoms in total. The number of aryl methyl sites for hydroxylation is 1. The second-order valence-electron chi connectivity index (χ2n) is 5.38. The lowest BCUT2D eigenvalue weighted by Gasteiger charge is -2.39. The van der Waals surface area contributed by atoms with E-state index < -0.39 is 0 Å². The molecule has 0 radical (unpaired) electrons. The zero-order valence-corrected chi connectivity index (χ0v) is 11.8. The summed E-state index contributed by atoms with van der Waals surface area (Å²) in [5.41, 5.74) is 9.31. The maximum absolute atomic E-state index is 5.93. The molecule has 1 unspecified atom stereocenters. The molecule has 100 valence electrons. The van der Waals surface area contributed by atoms with Gasteiger partial charge in [-0.25, -0.2) is 0 Å². The standard InChI is InChI=1S/C15H25N3/c1-4-13(3)17-5-7-18(8-6-17)15-10-12(2)9-14(16)11-15/h9-11,13H,4-8,16H2,1-3H3. The molecule has 0 spiro atoms. The number of anilines is 2. The van der Waals surface area contributed by atoms with Gasteiger partial charge in [-0.2, -0.15) is 0 Å². The predicted octanol–water partition coefficient (Wildman–Crippen LogP) is 2.50. The second-order valence-corrected chi connectivity index (χ2v) is 5.38. The van der Waals surface area contributed by atoms with Crippen molar-refractivity contribution in [2.75, 3.05) is 36.8 Å². The Bertz CT molecular complexity index is 374. The minimum atomic E-state index is 0.703. The Labute approximate surface area is 111 Å². The first-order valence-corrected chi connectivity index (χ1v) is 6.96. The third-order valence-electron chi connectivity index (χ3n) is 3.98. The number of piperazine rings is 1. The van der Waals surface area contributed by atoms with Crippen LogP contribution < -0.4 is 10.6 Å². The largest absolute Gasteiger partial charge is 0.399 e. The van der Waals surface area contributed by atoms with E-state index in [1.165, 1.54) is 17.7 Å². The lowest BCUT2D eigenvalue weighted by molar-refractivity contribution is 0.193. The fraction of sp³-hybridized carbons (Fsp3) is 0.600. The van der Waals surface area contributed by atoms with Crippen LogP contribution in [-0.4, -0.2) is 37.1 Å². The van der Waals surface area contributed by atoms with Crippen LogP contribution in [0, 0.1) is 6.92 Å². The molecule has 0 saturated carbocycles. The Morgan fingerprint density at radius 1 is 1.17 bits per heavy atom. The van der Waals surface area contributed by atoms with Gasteiger partial charge in [-0.05, 0) is 44.0 Å². The van der Waals surface area contributed by atoms with E-state index in [1.807, 2.05) is 6.07 Å². The Kier molecular flexibility index (Phi) is 4.12. The average Bonchev–Trinajstić information content (AvgIpc) is 2.37. The van der Waals surface area contributed by atoms with Crippen LogP contribution >= 0.6 is 0 Å². The normalized spacial score (nSPS) is 18.9. The van der Waals surface area contributed by atoms with Gasteiger partial charge in [-0.3, -0.25) is 4.90 Å². The molecule has 1 saturated heterocycles.